The molecule has 0 aromatic heterocycles. The third-order valence-corrected chi connectivity index (χ3v) is 26.8. The van der Waals surface area contributed by atoms with Crippen molar-refractivity contribution in [3.05, 3.63) is 46.6 Å². The molecule has 28 atom stereocenters. The lowest BCUT2D eigenvalue weighted by atomic mass is 9.42. The van der Waals surface area contributed by atoms with Gasteiger partial charge in [-0.3, -0.25) is 0 Å². The fourth-order valence-electron chi connectivity index (χ4n) is 27.5. The molecule has 1 N–H and O–H groups in total. The summed E-state index contributed by atoms with van der Waals surface area (Å²) in [6, 6.07) is 9.50. The molecule has 1 spiro atoms. The largest absolute Gasteiger partial charge is 0.508 e. The number of allylic oxidation sites excluding steroid dienone is 3. The first-order valence-corrected chi connectivity index (χ1v) is 27.7. The fraction of sp³-hybridized carbons (Fsp3) is 0.828. The molecule has 316 valence electrons. The third kappa shape index (κ3) is 3.36. The molecule has 1 heterocycles. The smallest absolute Gasteiger partial charge is 0.115 e. The summed E-state index contributed by atoms with van der Waals surface area (Å²) < 4.78 is 0. The molecule has 1 aromatic carbocycles. The number of rotatable bonds is 11. The molecule has 0 radical (unpaired) electrons. The highest BCUT2D eigenvalue weighted by molar-refractivity contribution is 5.60. The third-order valence-electron chi connectivity index (χ3n) is 26.8. The molecule has 14 fully saturated rings. The zero-order chi connectivity index (χ0) is 38.4. The van der Waals surface area contributed by atoms with Gasteiger partial charge in [-0.15, -0.1) is 0 Å². The molecule has 2 nitrogen and oxygen atoms in total. The van der Waals surface area contributed by atoms with Crippen LogP contribution in [0.1, 0.15) is 122 Å². The summed E-state index contributed by atoms with van der Waals surface area (Å²) in [6.45, 7) is 3.65. The number of phenolic OH excluding ortho intramolecular Hbond substituents is 1. The molecule has 1 saturated heterocycles. The highest BCUT2D eigenvalue weighted by atomic mass is 16.3. The van der Waals surface area contributed by atoms with Crippen LogP contribution in [0.3, 0.4) is 0 Å². The maximum atomic E-state index is 10.6. The van der Waals surface area contributed by atoms with E-state index in [0.29, 0.717) is 17.2 Å². The van der Waals surface area contributed by atoms with Crippen LogP contribution in [0.2, 0.25) is 0 Å². The van der Waals surface area contributed by atoms with Crippen molar-refractivity contribution in [2.45, 2.75) is 129 Å². The van der Waals surface area contributed by atoms with E-state index in [9.17, 15) is 5.11 Å². The Morgan fingerprint density at radius 2 is 1.13 bits per heavy atom. The second kappa shape index (κ2) is 10.9. The topological polar surface area (TPSA) is 23.5 Å². The Kier molecular flexibility index (Phi) is 6.11. The van der Waals surface area contributed by atoms with Crippen molar-refractivity contribution in [2.75, 3.05) is 11.4 Å². The van der Waals surface area contributed by atoms with Crippen molar-refractivity contribution >= 4 is 5.69 Å². The van der Waals surface area contributed by atoms with Crippen LogP contribution in [0.15, 0.2) is 46.6 Å². The monoisotopic (exact) mass is 800 g/mol. The molecular weight excluding hydrogens is 727 g/mol. The van der Waals surface area contributed by atoms with Crippen LogP contribution < -0.4 is 4.90 Å². The van der Waals surface area contributed by atoms with Crippen molar-refractivity contribution in [3.8, 4) is 5.75 Å². The second-order valence-electron chi connectivity index (χ2n) is 27.0. The summed E-state index contributed by atoms with van der Waals surface area (Å²) in [5, 5.41) is 10.6. The summed E-state index contributed by atoms with van der Waals surface area (Å²) in [7, 11) is 0. The van der Waals surface area contributed by atoms with E-state index in [-0.39, 0.29) is 0 Å². The number of phenols is 1. The van der Waals surface area contributed by atoms with Crippen molar-refractivity contribution in [3.63, 3.8) is 0 Å². The normalized spacial score (nSPS) is 61.6. The van der Waals surface area contributed by atoms with Crippen LogP contribution in [0.25, 0.3) is 0 Å². The van der Waals surface area contributed by atoms with Gasteiger partial charge in [0.1, 0.15) is 5.75 Å². The van der Waals surface area contributed by atoms with Crippen LogP contribution in [-0.4, -0.2) is 17.7 Å². The predicted octanol–water partition coefficient (Wildman–Crippen LogP) is 12.4. The van der Waals surface area contributed by atoms with Gasteiger partial charge in [0.05, 0.1) is 0 Å². The number of anilines is 1. The minimum atomic E-state index is 0.451. The van der Waals surface area contributed by atoms with Gasteiger partial charge in [-0.25, -0.2) is 0 Å². The molecule has 16 aliphatic carbocycles. The minimum absolute atomic E-state index is 0.451. The molecular formula is C58H73NO. The summed E-state index contributed by atoms with van der Waals surface area (Å²) >= 11 is 0. The first kappa shape index (κ1) is 33.8. The lowest BCUT2D eigenvalue weighted by Crippen LogP contribution is -2.60. The van der Waals surface area contributed by atoms with E-state index in [2.05, 4.69) is 46.2 Å². The second-order valence-corrected chi connectivity index (χ2v) is 27.0. The van der Waals surface area contributed by atoms with Gasteiger partial charge in [-0.05, 0) is 224 Å². The van der Waals surface area contributed by atoms with Gasteiger partial charge in [0.15, 0.2) is 0 Å². The fourth-order valence-corrected chi connectivity index (χ4v) is 27.5. The average Bonchev–Trinajstić information content (AvgIpc) is 4.11. The van der Waals surface area contributed by atoms with E-state index < -0.39 is 0 Å². The van der Waals surface area contributed by atoms with E-state index in [4.69, 9.17) is 0 Å². The number of unbranched alkanes of at least 4 members (excludes halogenated alkanes) is 8. The number of aromatic hydroxyl groups is 1. The van der Waals surface area contributed by atoms with Gasteiger partial charge in [-0.2, -0.15) is 0 Å². The quantitative estimate of drug-likeness (QED) is 0.178. The zero-order valence-electron chi connectivity index (χ0n) is 36.7. The van der Waals surface area contributed by atoms with Crippen LogP contribution >= 0.6 is 0 Å². The van der Waals surface area contributed by atoms with Crippen molar-refractivity contribution in [2.24, 2.45) is 159 Å². The van der Waals surface area contributed by atoms with E-state index in [0.717, 1.165) is 118 Å². The van der Waals surface area contributed by atoms with Gasteiger partial charge in [0.2, 0.25) is 0 Å². The molecule has 0 amide bonds. The molecule has 17 aliphatic rings. The van der Waals surface area contributed by atoms with Crippen LogP contribution in [0.5, 0.6) is 5.75 Å². The molecule has 2 heteroatoms. The highest BCUT2D eigenvalue weighted by Crippen LogP contribution is 2.93. The number of benzene rings is 1. The Morgan fingerprint density at radius 1 is 0.567 bits per heavy atom. The molecule has 1 aliphatic heterocycles. The number of hydrogen-bond donors (Lipinski definition) is 1. The Labute approximate surface area is 360 Å². The Balaban J connectivity index is 0.834. The molecule has 1 aromatic rings. The summed E-state index contributed by atoms with van der Waals surface area (Å²) in [4.78, 5) is 3.09. The average molecular weight is 800 g/mol. The van der Waals surface area contributed by atoms with E-state index >= 15 is 0 Å². The van der Waals surface area contributed by atoms with Gasteiger partial charge in [-0.1, -0.05) is 87.0 Å². The van der Waals surface area contributed by atoms with E-state index in [1.165, 1.54) is 125 Å². The first-order valence-electron chi connectivity index (χ1n) is 27.7. The van der Waals surface area contributed by atoms with Crippen molar-refractivity contribution in [1.29, 1.82) is 0 Å². The number of nitrogens with zero attached hydrogens (tertiary/aromatic N) is 1. The van der Waals surface area contributed by atoms with E-state index in [1.807, 2.05) is 12.1 Å². The zero-order valence-corrected chi connectivity index (χ0v) is 36.7. The lowest BCUT2D eigenvalue weighted by molar-refractivity contribution is -0.148. The summed E-state index contributed by atoms with van der Waals surface area (Å²) in [5.74, 6) is 28.8. The van der Waals surface area contributed by atoms with Gasteiger partial charge >= 0.3 is 0 Å². The Hall–Kier alpha value is -1.70. The Bertz CT molecular complexity index is 2180. The molecule has 0 bridgehead atoms. The SMILES string of the molecule is CCCCCCCCCCCC1N(c2ccc(O)cc2)CC2C3=C4C5C6=C(C3)CC3CC7CC8CC9CC%10CC%11CC21C1C4C2C5C4C(C63)C7C3C8C9C5C%10C(C2C5C34)C%111. The van der Waals surface area contributed by atoms with Crippen LogP contribution in [0, 0.1) is 159 Å². The highest BCUT2D eigenvalue weighted by Gasteiger charge is 2.88. The number of fused-ring (bicyclic) bond motifs is 1. The van der Waals surface area contributed by atoms with Gasteiger partial charge in [0.25, 0.3) is 0 Å². The summed E-state index contributed by atoms with van der Waals surface area (Å²) in [5.41, 5.74) is 10.7. The lowest BCUT2D eigenvalue weighted by Gasteiger charge is -2.62. The molecule has 18 rings (SSSR count). The maximum absolute atomic E-state index is 10.6. The first-order chi connectivity index (χ1) is 29.7. The van der Waals surface area contributed by atoms with E-state index in [1.54, 1.807) is 38.5 Å². The number of hydrogen-bond acceptors (Lipinski definition) is 2. The van der Waals surface area contributed by atoms with Crippen LogP contribution in [-0.2, 0) is 0 Å². The molecule has 13 saturated carbocycles. The van der Waals surface area contributed by atoms with Crippen LogP contribution in [0.4, 0.5) is 5.69 Å². The minimum Gasteiger partial charge on any atom is -0.508 e. The van der Waals surface area contributed by atoms with Crippen molar-refractivity contribution < 1.29 is 5.11 Å². The van der Waals surface area contributed by atoms with Gasteiger partial charge in [0, 0.05) is 35.5 Å². The van der Waals surface area contributed by atoms with Crippen molar-refractivity contribution in [1.82, 2.24) is 0 Å². The molecule has 28 unspecified atom stereocenters. The predicted molar refractivity (Wildman–Crippen MR) is 235 cm³/mol. The summed E-state index contributed by atoms with van der Waals surface area (Å²) in [6.07, 6.45) is 27.4. The Morgan fingerprint density at radius 3 is 1.87 bits per heavy atom. The maximum Gasteiger partial charge on any atom is 0.115 e. The molecule has 60 heavy (non-hydrogen) atoms. The van der Waals surface area contributed by atoms with Gasteiger partial charge < -0.3 is 10.0 Å². The standard InChI is InChI=1S/C58H73NO/c1-2-3-4-5-6-7-8-9-10-11-36-58-23-31-21-29-19-26-16-25-17-28-18-27-20-30-22-34(35(58)24-59(36)32-12-14-33(60)15-13-32)44-49-40(30)39(27)46-41(28)45-37(25)38(26)47-42(29)48-43(31)57(58)56(44)55-53(48)51(47)50(45)52(46)54(49)55/h12-15,25-29,31,35-39,41-43,45-57,60H,2-11,16-24H2,1H3.